The summed E-state index contributed by atoms with van der Waals surface area (Å²) in [6.45, 7) is 0.503. The molecular formula is C13H16N4O2. The van der Waals surface area contributed by atoms with Gasteiger partial charge in [0.25, 0.3) is 0 Å². The molecule has 3 N–H and O–H groups in total. The number of hydrogen-bond donors (Lipinski definition) is 2. The Hall–Kier alpha value is -2.37. The zero-order valence-electron chi connectivity index (χ0n) is 10.5. The number of rotatable bonds is 6. The van der Waals surface area contributed by atoms with Crippen molar-refractivity contribution in [2.24, 2.45) is 0 Å². The molecule has 0 unspecified atom stereocenters. The van der Waals surface area contributed by atoms with Crippen LogP contribution in [0.1, 0.15) is 17.9 Å². The number of nitrogens with one attached hydrogen (secondary N) is 1. The third kappa shape index (κ3) is 4.42. The van der Waals surface area contributed by atoms with Gasteiger partial charge in [0, 0.05) is 25.1 Å². The molecular weight excluding hydrogens is 244 g/mol. The van der Waals surface area contributed by atoms with Crippen molar-refractivity contribution in [2.45, 2.75) is 19.3 Å². The number of nitrogens with two attached hydrogens (primary N) is 1. The molecule has 1 aromatic heterocycles. The molecule has 19 heavy (non-hydrogen) atoms. The number of hydrogen-bond acceptors (Lipinski definition) is 5. The van der Waals surface area contributed by atoms with E-state index in [0.717, 1.165) is 11.3 Å². The van der Waals surface area contributed by atoms with E-state index in [1.165, 1.54) is 6.33 Å². The van der Waals surface area contributed by atoms with Crippen molar-refractivity contribution in [3.05, 3.63) is 42.0 Å². The van der Waals surface area contributed by atoms with Gasteiger partial charge >= 0.3 is 0 Å². The van der Waals surface area contributed by atoms with Crippen LogP contribution in [0.2, 0.25) is 0 Å². The van der Waals surface area contributed by atoms with E-state index in [1.54, 1.807) is 0 Å². The fraction of sp³-hybridized carbons (Fsp3) is 0.308. The number of nitrogens with zero attached hydrogens (tertiary/aromatic N) is 2. The smallest absolute Gasteiger partial charge is 0.228 e. The van der Waals surface area contributed by atoms with E-state index in [4.69, 9.17) is 10.3 Å². The molecule has 6 nitrogen and oxygen atoms in total. The second-order valence-corrected chi connectivity index (χ2v) is 4.18. The molecule has 0 fully saturated rings. The molecule has 0 radical (unpaired) electrons. The highest BCUT2D eigenvalue weighted by Crippen LogP contribution is 2.07. The highest BCUT2D eigenvalue weighted by Gasteiger charge is 2.03. The van der Waals surface area contributed by atoms with Gasteiger partial charge in [0.05, 0.1) is 0 Å². The van der Waals surface area contributed by atoms with E-state index < -0.39 is 0 Å². The van der Waals surface area contributed by atoms with Crippen molar-refractivity contribution in [1.29, 1.82) is 0 Å². The van der Waals surface area contributed by atoms with Crippen molar-refractivity contribution in [3.63, 3.8) is 0 Å². The Labute approximate surface area is 111 Å². The third-order valence-electron chi connectivity index (χ3n) is 2.69. The summed E-state index contributed by atoms with van der Waals surface area (Å²) in [5.74, 6) is 0.537. The quantitative estimate of drug-likeness (QED) is 0.754. The summed E-state index contributed by atoms with van der Waals surface area (Å²) in [7, 11) is 0. The van der Waals surface area contributed by atoms with E-state index in [9.17, 15) is 4.79 Å². The van der Waals surface area contributed by atoms with E-state index in [2.05, 4.69) is 15.5 Å². The molecule has 0 aliphatic carbocycles. The van der Waals surface area contributed by atoms with Crippen molar-refractivity contribution in [3.8, 4) is 0 Å². The lowest BCUT2D eigenvalue weighted by atomic mass is 10.1. The predicted molar refractivity (Wildman–Crippen MR) is 70.2 cm³/mol. The van der Waals surface area contributed by atoms with E-state index in [0.29, 0.717) is 31.7 Å². The van der Waals surface area contributed by atoms with Crippen molar-refractivity contribution >= 4 is 11.6 Å². The SMILES string of the molecule is Nc1ccc(CCC(=O)NCCc2ncno2)cc1. The first-order valence-corrected chi connectivity index (χ1v) is 6.11. The van der Waals surface area contributed by atoms with Crippen LogP contribution in [0.25, 0.3) is 0 Å². The molecule has 100 valence electrons. The molecule has 0 bridgehead atoms. The van der Waals surface area contributed by atoms with Crippen LogP contribution in [0.3, 0.4) is 0 Å². The van der Waals surface area contributed by atoms with E-state index in [-0.39, 0.29) is 5.91 Å². The molecule has 1 heterocycles. The first-order valence-electron chi connectivity index (χ1n) is 6.11. The summed E-state index contributed by atoms with van der Waals surface area (Å²) in [5.41, 5.74) is 7.42. The maximum absolute atomic E-state index is 11.6. The standard InChI is InChI=1S/C13H16N4O2/c14-11-4-1-10(2-5-11)3-6-12(18)15-8-7-13-16-9-17-19-13/h1-2,4-5,9H,3,6-8,14H2,(H,15,18). The molecule has 0 aliphatic rings. The van der Waals surface area contributed by atoms with Gasteiger partial charge in [-0.15, -0.1) is 0 Å². The van der Waals surface area contributed by atoms with Crippen LogP contribution in [0.15, 0.2) is 35.1 Å². The van der Waals surface area contributed by atoms with Crippen LogP contribution >= 0.6 is 0 Å². The minimum atomic E-state index is 0.0105. The van der Waals surface area contributed by atoms with Crippen LogP contribution in [0.5, 0.6) is 0 Å². The highest BCUT2D eigenvalue weighted by molar-refractivity contribution is 5.76. The minimum absolute atomic E-state index is 0.0105. The molecule has 0 atom stereocenters. The topological polar surface area (TPSA) is 94.0 Å². The molecule has 2 aromatic rings. The number of aromatic nitrogens is 2. The normalized spacial score (nSPS) is 10.3. The molecule has 1 aromatic carbocycles. The van der Waals surface area contributed by atoms with Gasteiger partial charge in [-0.1, -0.05) is 17.3 Å². The summed E-state index contributed by atoms with van der Waals surface area (Å²) in [5, 5.41) is 6.31. The van der Waals surface area contributed by atoms with E-state index in [1.807, 2.05) is 24.3 Å². The van der Waals surface area contributed by atoms with Crippen molar-refractivity contribution < 1.29 is 9.32 Å². The largest absolute Gasteiger partial charge is 0.399 e. The number of benzene rings is 1. The molecule has 1 amide bonds. The highest BCUT2D eigenvalue weighted by atomic mass is 16.5. The third-order valence-corrected chi connectivity index (χ3v) is 2.69. The average molecular weight is 260 g/mol. The Morgan fingerprint density at radius 3 is 2.74 bits per heavy atom. The Balaban J connectivity index is 1.65. The molecule has 0 spiro atoms. The fourth-order valence-corrected chi connectivity index (χ4v) is 1.65. The molecule has 0 aliphatic heterocycles. The average Bonchev–Trinajstić information content (AvgIpc) is 2.91. The first-order chi connectivity index (χ1) is 9.24. The summed E-state index contributed by atoms with van der Waals surface area (Å²) < 4.78 is 4.83. The summed E-state index contributed by atoms with van der Waals surface area (Å²) >= 11 is 0. The lowest BCUT2D eigenvalue weighted by Gasteiger charge is -2.04. The summed E-state index contributed by atoms with van der Waals surface area (Å²) in [4.78, 5) is 15.5. The Kier molecular flexibility index (Phi) is 4.49. The zero-order chi connectivity index (χ0) is 13.5. The maximum atomic E-state index is 11.6. The molecule has 6 heteroatoms. The number of nitrogen functional groups attached to an aromatic ring is 1. The monoisotopic (exact) mass is 260 g/mol. The van der Waals surface area contributed by atoms with Crippen LogP contribution in [0, 0.1) is 0 Å². The van der Waals surface area contributed by atoms with Crippen LogP contribution in [0.4, 0.5) is 5.69 Å². The van der Waals surface area contributed by atoms with Gasteiger partial charge in [-0.3, -0.25) is 4.79 Å². The van der Waals surface area contributed by atoms with Crippen molar-refractivity contribution in [2.75, 3.05) is 12.3 Å². The zero-order valence-corrected chi connectivity index (χ0v) is 10.5. The van der Waals surface area contributed by atoms with Crippen molar-refractivity contribution in [1.82, 2.24) is 15.5 Å². The van der Waals surface area contributed by atoms with Gasteiger partial charge < -0.3 is 15.6 Å². The molecule has 0 saturated heterocycles. The number of amides is 1. The van der Waals surface area contributed by atoms with E-state index >= 15 is 0 Å². The first kappa shape index (κ1) is 13.1. The van der Waals surface area contributed by atoms with Crippen LogP contribution in [-0.4, -0.2) is 22.6 Å². The fourth-order valence-electron chi connectivity index (χ4n) is 1.65. The maximum Gasteiger partial charge on any atom is 0.228 e. The number of carbonyl (C=O) groups excluding carboxylic acids is 1. The van der Waals surface area contributed by atoms with Gasteiger partial charge in [-0.05, 0) is 24.1 Å². The lowest BCUT2D eigenvalue weighted by Crippen LogP contribution is -2.25. The molecule has 2 rings (SSSR count). The Bertz CT molecular complexity index is 508. The molecule has 0 saturated carbocycles. The van der Waals surface area contributed by atoms with Gasteiger partial charge in [0.2, 0.25) is 11.8 Å². The second kappa shape index (κ2) is 6.53. The lowest BCUT2D eigenvalue weighted by molar-refractivity contribution is -0.121. The number of anilines is 1. The van der Waals surface area contributed by atoms with Gasteiger partial charge in [0.1, 0.15) is 0 Å². The van der Waals surface area contributed by atoms with Gasteiger partial charge in [-0.2, -0.15) is 4.98 Å². The summed E-state index contributed by atoms with van der Waals surface area (Å²) in [6, 6.07) is 7.54. The Morgan fingerprint density at radius 2 is 2.05 bits per heavy atom. The summed E-state index contributed by atoms with van der Waals surface area (Å²) in [6.07, 6.45) is 3.05. The predicted octanol–water partition coefficient (Wildman–Crippen LogP) is 0.943. The van der Waals surface area contributed by atoms with Crippen LogP contribution < -0.4 is 11.1 Å². The van der Waals surface area contributed by atoms with Crippen LogP contribution in [-0.2, 0) is 17.6 Å². The second-order valence-electron chi connectivity index (χ2n) is 4.18. The minimum Gasteiger partial charge on any atom is -0.399 e. The van der Waals surface area contributed by atoms with Gasteiger partial charge in [0.15, 0.2) is 6.33 Å². The van der Waals surface area contributed by atoms with Gasteiger partial charge in [-0.25, -0.2) is 0 Å². The Morgan fingerprint density at radius 1 is 1.26 bits per heavy atom. The number of carbonyl (C=O) groups is 1. The number of aryl methyl sites for hydroxylation is 1.